The fraction of sp³-hybridized carbons (Fsp3) is 0.160. The van der Waals surface area contributed by atoms with E-state index in [2.05, 4.69) is 10.6 Å². The van der Waals surface area contributed by atoms with Crippen molar-refractivity contribution in [3.63, 3.8) is 0 Å². The van der Waals surface area contributed by atoms with Gasteiger partial charge in [-0.05, 0) is 47.5 Å². The maximum Gasteiger partial charge on any atom is 0.411 e. The fourth-order valence-corrected chi connectivity index (χ4v) is 3.74. The number of ether oxygens (including phenoxy) is 1. The summed E-state index contributed by atoms with van der Waals surface area (Å²) >= 11 is 0. The van der Waals surface area contributed by atoms with Crippen LogP contribution in [0.1, 0.15) is 24.2 Å². The molecule has 33 heavy (non-hydrogen) atoms. The van der Waals surface area contributed by atoms with Crippen molar-refractivity contribution in [2.75, 3.05) is 10.6 Å². The molecular weight excluding hydrogens is 425 g/mol. The van der Waals surface area contributed by atoms with Crippen LogP contribution in [0.2, 0.25) is 0 Å². The Balaban J connectivity index is 1.64. The number of carbonyl (C=O) groups excluding carboxylic acids is 3. The second kappa shape index (κ2) is 9.52. The van der Waals surface area contributed by atoms with E-state index in [9.17, 15) is 18.8 Å². The van der Waals surface area contributed by atoms with Crippen LogP contribution in [0, 0.1) is 5.82 Å². The van der Waals surface area contributed by atoms with E-state index in [1.165, 1.54) is 24.0 Å². The van der Waals surface area contributed by atoms with Gasteiger partial charge in [0.2, 0.25) is 5.91 Å². The van der Waals surface area contributed by atoms with Crippen LogP contribution >= 0.6 is 0 Å². The summed E-state index contributed by atoms with van der Waals surface area (Å²) in [5.74, 6) is -1.08. The van der Waals surface area contributed by atoms with Crippen molar-refractivity contribution in [3.05, 3.63) is 95.8 Å². The minimum atomic E-state index is -0.993. The summed E-state index contributed by atoms with van der Waals surface area (Å²) in [5, 5.41) is 5.50. The minimum Gasteiger partial charge on any atom is -0.438 e. The molecule has 2 unspecified atom stereocenters. The number of amides is 3. The number of nitrogens with one attached hydrogen (secondary N) is 2. The maximum atomic E-state index is 13.7. The molecule has 8 heteroatoms. The number of para-hydroxylation sites is 1. The van der Waals surface area contributed by atoms with E-state index < -0.39 is 30.0 Å². The maximum absolute atomic E-state index is 13.7. The van der Waals surface area contributed by atoms with Crippen LogP contribution in [0.25, 0.3) is 0 Å². The van der Waals surface area contributed by atoms with Crippen LogP contribution in [-0.4, -0.2) is 28.8 Å². The summed E-state index contributed by atoms with van der Waals surface area (Å²) in [5.41, 5.74) is 2.28. The number of carbonyl (C=O) groups is 3. The lowest BCUT2D eigenvalue weighted by Crippen LogP contribution is -2.43. The van der Waals surface area contributed by atoms with Gasteiger partial charge < -0.3 is 15.4 Å². The Morgan fingerprint density at radius 3 is 2.30 bits per heavy atom. The summed E-state index contributed by atoms with van der Waals surface area (Å²) in [6, 6.07) is 20.5. The van der Waals surface area contributed by atoms with Crippen LogP contribution in [0.3, 0.4) is 0 Å². The summed E-state index contributed by atoms with van der Waals surface area (Å²) in [7, 11) is 0. The number of halogens is 1. The zero-order valence-corrected chi connectivity index (χ0v) is 17.8. The first-order valence-electron chi connectivity index (χ1n) is 10.4. The van der Waals surface area contributed by atoms with Crippen LogP contribution in [0.15, 0.2) is 78.9 Å². The first-order chi connectivity index (χ1) is 15.9. The van der Waals surface area contributed by atoms with Crippen molar-refractivity contribution in [1.29, 1.82) is 0 Å². The number of nitrogens with zero attached hydrogens (tertiary/aromatic N) is 1. The van der Waals surface area contributed by atoms with Crippen LogP contribution in [0.4, 0.5) is 20.6 Å². The Morgan fingerprint density at radius 2 is 1.64 bits per heavy atom. The smallest absolute Gasteiger partial charge is 0.411 e. The Morgan fingerprint density at radius 1 is 0.939 bits per heavy atom. The Hall–Kier alpha value is -4.20. The molecule has 7 nitrogen and oxygen atoms in total. The van der Waals surface area contributed by atoms with Crippen molar-refractivity contribution >= 4 is 29.3 Å². The molecule has 3 amide bonds. The molecule has 1 saturated heterocycles. The largest absolute Gasteiger partial charge is 0.438 e. The third kappa shape index (κ3) is 5.17. The van der Waals surface area contributed by atoms with Gasteiger partial charge in [0.1, 0.15) is 5.82 Å². The molecule has 3 aromatic carbocycles. The van der Waals surface area contributed by atoms with E-state index in [0.29, 0.717) is 22.5 Å². The Labute approximate surface area is 190 Å². The molecule has 0 saturated carbocycles. The Kier molecular flexibility index (Phi) is 6.35. The van der Waals surface area contributed by atoms with Crippen molar-refractivity contribution < 1.29 is 23.5 Å². The zero-order chi connectivity index (χ0) is 23.4. The van der Waals surface area contributed by atoms with Gasteiger partial charge >= 0.3 is 6.09 Å². The lowest BCUT2D eigenvalue weighted by Gasteiger charge is -2.24. The summed E-state index contributed by atoms with van der Waals surface area (Å²) in [4.78, 5) is 38.7. The molecule has 0 aromatic heterocycles. The predicted octanol–water partition coefficient (Wildman–Crippen LogP) is 4.48. The van der Waals surface area contributed by atoms with Gasteiger partial charge in [0, 0.05) is 18.3 Å². The van der Waals surface area contributed by atoms with Crippen LogP contribution < -0.4 is 10.6 Å². The highest BCUT2D eigenvalue weighted by Gasteiger charge is 2.47. The molecule has 3 aromatic rings. The standard InChI is InChI=1S/C25H22FN3O4/c1-16(30)27-21-12-10-18(11-13-21)23-22(24(31)28-20-8-3-2-4-9-20)29(25(32)33-23)15-17-6-5-7-19(26)14-17/h2-14,22-23H,15H2,1H3,(H,27,30)(H,28,31). The van der Waals surface area contributed by atoms with Gasteiger partial charge in [0.25, 0.3) is 5.91 Å². The molecule has 1 fully saturated rings. The molecule has 2 atom stereocenters. The van der Waals surface area contributed by atoms with Crippen molar-refractivity contribution in [3.8, 4) is 0 Å². The first-order valence-corrected chi connectivity index (χ1v) is 10.4. The molecule has 2 N–H and O–H groups in total. The topological polar surface area (TPSA) is 87.7 Å². The van der Waals surface area contributed by atoms with E-state index in [-0.39, 0.29) is 12.5 Å². The molecule has 0 bridgehead atoms. The number of anilines is 2. The van der Waals surface area contributed by atoms with Crippen LogP contribution in [-0.2, 0) is 20.9 Å². The molecule has 0 aliphatic carbocycles. The van der Waals surface area contributed by atoms with Gasteiger partial charge in [-0.25, -0.2) is 9.18 Å². The third-order valence-corrected chi connectivity index (χ3v) is 5.20. The highest BCUT2D eigenvalue weighted by molar-refractivity contribution is 5.98. The van der Waals surface area contributed by atoms with Crippen molar-refractivity contribution in [2.24, 2.45) is 0 Å². The average molecular weight is 447 g/mol. The van der Waals surface area contributed by atoms with Crippen molar-refractivity contribution in [2.45, 2.75) is 25.6 Å². The first kappa shape index (κ1) is 22.0. The summed E-state index contributed by atoms with van der Waals surface area (Å²) < 4.78 is 19.3. The number of cyclic esters (lactones) is 1. The normalized spacial score (nSPS) is 17.4. The van der Waals surface area contributed by atoms with Gasteiger partial charge in [-0.2, -0.15) is 0 Å². The summed E-state index contributed by atoms with van der Waals surface area (Å²) in [6.07, 6.45) is -1.57. The van der Waals surface area contributed by atoms with Gasteiger partial charge in [0.05, 0.1) is 6.54 Å². The van der Waals surface area contributed by atoms with E-state index >= 15 is 0 Å². The highest BCUT2D eigenvalue weighted by atomic mass is 19.1. The van der Waals surface area contributed by atoms with E-state index in [0.717, 1.165) is 0 Å². The molecule has 168 valence electrons. The van der Waals surface area contributed by atoms with Crippen LogP contribution in [0.5, 0.6) is 0 Å². The Bertz CT molecular complexity index is 1170. The quantitative estimate of drug-likeness (QED) is 0.583. The van der Waals surface area contributed by atoms with Crippen molar-refractivity contribution in [1.82, 2.24) is 4.90 Å². The van der Waals surface area contributed by atoms with Gasteiger partial charge in [0.15, 0.2) is 12.1 Å². The molecule has 4 rings (SSSR count). The van der Waals surface area contributed by atoms with E-state index in [4.69, 9.17) is 4.74 Å². The molecular formula is C25H22FN3O4. The third-order valence-electron chi connectivity index (χ3n) is 5.20. The van der Waals surface area contributed by atoms with E-state index in [1.54, 1.807) is 60.7 Å². The predicted molar refractivity (Wildman–Crippen MR) is 121 cm³/mol. The van der Waals surface area contributed by atoms with E-state index in [1.807, 2.05) is 6.07 Å². The molecule has 1 heterocycles. The monoisotopic (exact) mass is 447 g/mol. The lowest BCUT2D eigenvalue weighted by atomic mass is 10.00. The average Bonchev–Trinajstić information content (AvgIpc) is 3.10. The number of hydrogen-bond donors (Lipinski definition) is 2. The molecule has 1 aliphatic heterocycles. The fourth-order valence-electron chi connectivity index (χ4n) is 3.74. The zero-order valence-electron chi connectivity index (χ0n) is 17.8. The highest BCUT2D eigenvalue weighted by Crippen LogP contribution is 2.35. The SMILES string of the molecule is CC(=O)Nc1ccc(C2OC(=O)N(Cc3cccc(F)c3)C2C(=O)Nc2ccccc2)cc1. The molecule has 1 aliphatic rings. The number of benzene rings is 3. The molecule has 0 radical (unpaired) electrons. The second-order valence-electron chi connectivity index (χ2n) is 7.67. The minimum absolute atomic E-state index is 0.00391. The number of hydrogen-bond acceptors (Lipinski definition) is 4. The van der Waals surface area contributed by atoms with Gasteiger partial charge in [-0.3, -0.25) is 14.5 Å². The second-order valence-corrected chi connectivity index (χ2v) is 7.67. The number of rotatable bonds is 6. The molecule has 0 spiro atoms. The van der Waals surface area contributed by atoms with Gasteiger partial charge in [-0.1, -0.05) is 42.5 Å². The van der Waals surface area contributed by atoms with Gasteiger partial charge in [-0.15, -0.1) is 0 Å². The lowest BCUT2D eigenvalue weighted by molar-refractivity contribution is -0.121. The summed E-state index contributed by atoms with van der Waals surface area (Å²) in [6.45, 7) is 1.41.